The van der Waals surface area contributed by atoms with Gasteiger partial charge in [0.2, 0.25) is 10.0 Å². The van der Waals surface area contributed by atoms with E-state index in [1.807, 2.05) is 0 Å². The van der Waals surface area contributed by atoms with Crippen molar-refractivity contribution in [2.45, 2.75) is 6.42 Å². The number of nitrogens with one attached hydrogen (secondary N) is 1. The third-order valence-corrected chi connectivity index (χ3v) is 2.86. The van der Waals surface area contributed by atoms with E-state index in [9.17, 15) is 8.42 Å². The number of nitrogens with zero attached hydrogens (tertiary/aromatic N) is 1. The molecule has 0 saturated carbocycles. The Kier molecular flexibility index (Phi) is 4.47. The SMILES string of the molecule is CS(=O)(=O)NCCc1ccc(C(N)=NO)cc1. The van der Waals surface area contributed by atoms with Crippen LogP contribution in [0, 0.1) is 0 Å². The number of nitrogens with two attached hydrogens (primary N) is 1. The number of hydrogen-bond acceptors (Lipinski definition) is 4. The van der Waals surface area contributed by atoms with Crippen LogP contribution in [0.15, 0.2) is 29.4 Å². The molecule has 6 nitrogen and oxygen atoms in total. The molecule has 1 rings (SSSR count). The number of oxime groups is 1. The van der Waals surface area contributed by atoms with Crippen molar-refractivity contribution in [1.82, 2.24) is 4.72 Å². The second-order valence-electron chi connectivity index (χ2n) is 3.60. The van der Waals surface area contributed by atoms with E-state index in [1.54, 1.807) is 24.3 Å². The second kappa shape index (κ2) is 5.65. The van der Waals surface area contributed by atoms with Gasteiger partial charge in [0.15, 0.2) is 5.84 Å². The molecular formula is C10H15N3O3S. The predicted molar refractivity (Wildman–Crippen MR) is 65.5 cm³/mol. The lowest BCUT2D eigenvalue weighted by Gasteiger charge is -2.04. The van der Waals surface area contributed by atoms with Gasteiger partial charge in [-0.2, -0.15) is 0 Å². The summed E-state index contributed by atoms with van der Waals surface area (Å²) in [5.41, 5.74) is 7.00. The monoisotopic (exact) mass is 257 g/mol. The quantitative estimate of drug-likeness (QED) is 0.296. The topological polar surface area (TPSA) is 105 Å². The lowest BCUT2D eigenvalue weighted by molar-refractivity contribution is 0.318. The Labute approximate surface area is 100 Å². The summed E-state index contributed by atoms with van der Waals surface area (Å²) in [7, 11) is -3.14. The van der Waals surface area contributed by atoms with Crippen LogP contribution >= 0.6 is 0 Å². The van der Waals surface area contributed by atoms with Gasteiger partial charge < -0.3 is 10.9 Å². The van der Waals surface area contributed by atoms with Crippen molar-refractivity contribution in [1.29, 1.82) is 0 Å². The molecule has 0 saturated heterocycles. The summed E-state index contributed by atoms with van der Waals surface area (Å²) < 4.78 is 24.1. The highest BCUT2D eigenvalue weighted by Crippen LogP contribution is 2.04. The van der Waals surface area contributed by atoms with Gasteiger partial charge >= 0.3 is 0 Å². The lowest BCUT2D eigenvalue weighted by atomic mass is 10.1. The molecule has 0 aliphatic heterocycles. The van der Waals surface area contributed by atoms with E-state index in [0.29, 0.717) is 18.5 Å². The molecule has 17 heavy (non-hydrogen) atoms. The fourth-order valence-corrected chi connectivity index (χ4v) is 1.75. The van der Waals surface area contributed by atoms with Crippen LogP contribution in [-0.2, 0) is 16.4 Å². The predicted octanol–water partition coefficient (Wildman–Crippen LogP) is -0.127. The van der Waals surface area contributed by atoms with E-state index < -0.39 is 10.0 Å². The van der Waals surface area contributed by atoms with Crippen LogP contribution in [0.1, 0.15) is 11.1 Å². The molecular weight excluding hydrogens is 242 g/mol. The molecule has 0 aliphatic rings. The standard InChI is InChI=1S/C10H15N3O3S/c1-17(15,16)12-7-6-8-2-4-9(5-3-8)10(11)13-14/h2-5,12,14H,6-7H2,1H3,(H2,11,13). The first-order valence-corrected chi connectivity index (χ1v) is 6.83. The number of sulfonamides is 1. The molecule has 0 fully saturated rings. The van der Waals surface area contributed by atoms with Gasteiger partial charge in [-0.05, 0) is 12.0 Å². The highest BCUT2D eigenvalue weighted by Gasteiger charge is 2.01. The summed E-state index contributed by atoms with van der Waals surface area (Å²) in [6.07, 6.45) is 1.71. The Balaban J connectivity index is 2.57. The van der Waals surface area contributed by atoms with Crippen LogP contribution in [0.5, 0.6) is 0 Å². The van der Waals surface area contributed by atoms with E-state index in [2.05, 4.69) is 9.88 Å². The summed E-state index contributed by atoms with van der Waals surface area (Å²) in [6, 6.07) is 7.03. The van der Waals surface area contributed by atoms with E-state index >= 15 is 0 Å². The molecule has 0 bridgehead atoms. The lowest BCUT2D eigenvalue weighted by Crippen LogP contribution is -2.24. The molecule has 1 aromatic carbocycles. The number of hydrogen-bond donors (Lipinski definition) is 3. The summed E-state index contributed by atoms with van der Waals surface area (Å²) >= 11 is 0. The van der Waals surface area contributed by atoms with Crippen molar-refractivity contribution in [2.75, 3.05) is 12.8 Å². The van der Waals surface area contributed by atoms with Gasteiger partial charge in [-0.15, -0.1) is 0 Å². The zero-order chi connectivity index (χ0) is 12.9. The van der Waals surface area contributed by atoms with Crippen molar-refractivity contribution in [3.8, 4) is 0 Å². The molecule has 7 heteroatoms. The van der Waals surface area contributed by atoms with Crippen LogP contribution in [0.4, 0.5) is 0 Å². The summed E-state index contributed by atoms with van der Waals surface area (Å²) in [5, 5.41) is 11.4. The molecule has 1 aromatic rings. The van der Waals surface area contributed by atoms with Crippen LogP contribution in [0.2, 0.25) is 0 Å². The molecule has 0 aliphatic carbocycles. The summed E-state index contributed by atoms with van der Waals surface area (Å²) in [4.78, 5) is 0. The number of rotatable bonds is 5. The zero-order valence-electron chi connectivity index (χ0n) is 9.42. The number of benzene rings is 1. The van der Waals surface area contributed by atoms with Crippen molar-refractivity contribution in [3.63, 3.8) is 0 Å². The van der Waals surface area contributed by atoms with E-state index in [0.717, 1.165) is 11.8 Å². The van der Waals surface area contributed by atoms with Gasteiger partial charge in [-0.25, -0.2) is 13.1 Å². The van der Waals surface area contributed by atoms with Gasteiger partial charge in [-0.1, -0.05) is 29.4 Å². The Bertz CT molecular complexity index is 494. The first kappa shape index (κ1) is 13.5. The second-order valence-corrected chi connectivity index (χ2v) is 5.43. The van der Waals surface area contributed by atoms with Gasteiger partial charge in [0.25, 0.3) is 0 Å². The number of amidine groups is 1. The highest BCUT2D eigenvalue weighted by molar-refractivity contribution is 7.88. The van der Waals surface area contributed by atoms with Gasteiger partial charge in [0.1, 0.15) is 0 Å². The molecule has 0 radical (unpaired) electrons. The van der Waals surface area contributed by atoms with Crippen LogP contribution in [-0.4, -0.2) is 32.3 Å². The average molecular weight is 257 g/mol. The zero-order valence-corrected chi connectivity index (χ0v) is 10.2. The first-order valence-electron chi connectivity index (χ1n) is 4.94. The third kappa shape index (κ3) is 4.83. The van der Waals surface area contributed by atoms with Gasteiger partial charge in [0, 0.05) is 12.1 Å². The fourth-order valence-electron chi connectivity index (χ4n) is 1.28. The van der Waals surface area contributed by atoms with Gasteiger partial charge in [0.05, 0.1) is 6.26 Å². The third-order valence-electron chi connectivity index (χ3n) is 2.14. The van der Waals surface area contributed by atoms with Crippen molar-refractivity contribution >= 4 is 15.9 Å². The summed E-state index contributed by atoms with van der Waals surface area (Å²) in [6.45, 7) is 0.349. The van der Waals surface area contributed by atoms with Crippen LogP contribution in [0.25, 0.3) is 0 Å². The maximum atomic E-state index is 10.8. The van der Waals surface area contributed by atoms with E-state index in [1.165, 1.54) is 0 Å². The molecule has 94 valence electrons. The normalized spacial score (nSPS) is 12.6. The molecule has 0 aromatic heterocycles. The molecule has 0 unspecified atom stereocenters. The van der Waals surface area contributed by atoms with Crippen LogP contribution < -0.4 is 10.5 Å². The first-order chi connectivity index (χ1) is 7.92. The minimum atomic E-state index is -3.14. The van der Waals surface area contributed by atoms with Crippen molar-refractivity contribution in [3.05, 3.63) is 35.4 Å². The van der Waals surface area contributed by atoms with Crippen molar-refractivity contribution in [2.24, 2.45) is 10.9 Å². The maximum Gasteiger partial charge on any atom is 0.208 e. The Hall–Kier alpha value is -1.60. The maximum absolute atomic E-state index is 10.8. The molecule has 0 amide bonds. The Morgan fingerprint density at radius 1 is 1.41 bits per heavy atom. The largest absolute Gasteiger partial charge is 0.409 e. The minimum Gasteiger partial charge on any atom is -0.409 e. The fraction of sp³-hybridized carbons (Fsp3) is 0.300. The van der Waals surface area contributed by atoms with E-state index in [4.69, 9.17) is 10.9 Å². The van der Waals surface area contributed by atoms with E-state index in [-0.39, 0.29) is 5.84 Å². The molecule has 0 spiro atoms. The Morgan fingerprint density at radius 2 is 2.00 bits per heavy atom. The highest BCUT2D eigenvalue weighted by atomic mass is 32.2. The average Bonchev–Trinajstić information content (AvgIpc) is 2.27. The Morgan fingerprint density at radius 3 is 2.47 bits per heavy atom. The minimum absolute atomic E-state index is 0.0470. The molecule has 0 atom stereocenters. The van der Waals surface area contributed by atoms with Crippen LogP contribution in [0.3, 0.4) is 0 Å². The smallest absolute Gasteiger partial charge is 0.208 e. The molecule has 0 heterocycles. The van der Waals surface area contributed by atoms with Crippen molar-refractivity contribution < 1.29 is 13.6 Å². The molecule has 4 N–H and O–H groups in total. The summed E-state index contributed by atoms with van der Waals surface area (Å²) in [5.74, 6) is 0.0470. The van der Waals surface area contributed by atoms with Gasteiger partial charge in [-0.3, -0.25) is 0 Å².